The van der Waals surface area contributed by atoms with Gasteiger partial charge in [-0.15, -0.1) is 0 Å². The molecule has 6 heteroatoms. The van der Waals surface area contributed by atoms with E-state index in [-0.39, 0.29) is 5.78 Å². The Morgan fingerprint density at radius 1 is 1.31 bits per heavy atom. The second-order valence-corrected chi connectivity index (χ2v) is 4.73. The van der Waals surface area contributed by atoms with E-state index < -0.39 is 10.1 Å². The zero-order valence-electron chi connectivity index (χ0n) is 8.62. The number of rotatable bonds is 0. The first-order valence-electron chi connectivity index (χ1n) is 4.43. The summed E-state index contributed by atoms with van der Waals surface area (Å²) in [5.41, 5.74) is 1.95. The molecular formula is C10H11NO4S. The normalized spacial score (nSPS) is 13.8. The van der Waals surface area contributed by atoms with E-state index in [4.69, 9.17) is 4.55 Å². The highest BCUT2D eigenvalue weighted by Gasteiger charge is 2.09. The van der Waals surface area contributed by atoms with Crippen molar-refractivity contribution in [1.29, 1.82) is 0 Å². The molecule has 1 aliphatic heterocycles. The summed E-state index contributed by atoms with van der Waals surface area (Å²) in [5, 5.41) is 0. The Bertz CT molecular complexity index is 511. The Kier molecular flexibility index (Phi) is 3.92. The lowest BCUT2D eigenvalue weighted by molar-refractivity contribution is -0.112. The largest absolute Gasteiger partial charge is 0.293 e. The summed E-state index contributed by atoms with van der Waals surface area (Å²) in [7, 11) is -3.67. The number of carbonyl (C=O) groups excluding carboxylic acids is 1. The van der Waals surface area contributed by atoms with Gasteiger partial charge in [0.05, 0.1) is 18.2 Å². The molecule has 16 heavy (non-hydrogen) atoms. The molecule has 1 aromatic rings. The van der Waals surface area contributed by atoms with Crippen molar-refractivity contribution in [2.24, 2.45) is 4.99 Å². The van der Waals surface area contributed by atoms with Crippen molar-refractivity contribution in [2.75, 3.05) is 6.26 Å². The van der Waals surface area contributed by atoms with E-state index in [1.54, 1.807) is 0 Å². The molecule has 0 atom stereocenters. The van der Waals surface area contributed by atoms with Crippen LogP contribution in [0.3, 0.4) is 0 Å². The third-order valence-corrected chi connectivity index (χ3v) is 1.70. The van der Waals surface area contributed by atoms with E-state index in [1.165, 1.54) is 6.21 Å². The van der Waals surface area contributed by atoms with Gasteiger partial charge in [-0.1, -0.05) is 18.2 Å². The first-order valence-corrected chi connectivity index (χ1v) is 6.28. The van der Waals surface area contributed by atoms with Crippen LogP contribution in [0.25, 0.3) is 0 Å². The molecule has 1 heterocycles. The molecule has 2 rings (SSSR count). The first-order chi connectivity index (χ1) is 7.36. The minimum atomic E-state index is -3.67. The van der Waals surface area contributed by atoms with Gasteiger partial charge in [0.15, 0.2) is 5.78 Å². The van der Waals surface area contributed by atoms with Gasteiger partial charge in [-0.3, -0.25) is 14.3 Å². The van der Waals surface area contributed by atoms with Crippen molar-refractivity contribution in [1.82, 2.24) is 0 Å². The molecule has 0 amide bonds. The molecule has 1 aromatic carbocycles. The Labute approximate surface area is 93.6 Å². The highest BCUT2D eigenvalue weighted by Crippen LogP contribution is 2.21. The number of benzene rings is 1. The van der Waals surface area contributed by atoms with Crippen molar-refractivity contribution in [2.45, 2.75) is 6.42 Å². The number of hydrogen-bond acceptors (Lipinski definition) is 4. The summed E-state index contributed by atoms with van der Waals surface area (Å²) in [5.74, 6) is 0.0868. The molecule has 0 saturated heterocycles. The highest BCUT2D eigenvalue weighted by molar-refractivity contribution is 7.85. The van der Waals surface area contributed by atoms with Crippen LogP contribution in [0.2, 0.25) is 0 Å². The average molecular weight is 241 g/mol. The molecule has 0 radical (unpaired) electrons. The fraction of sp³-hybridized carbons (Fsp3) is 0.200. The van der Waals surface area contributed by atoms with Crippen molar-refractivity contribution in [3.05, 3.63) is 29.8 Å². The van der Waals surface area contributed by atoms with Crippen LogP contribution in [0.4, 0.5) is 5.69 Å². The Morgan fingerprint density at radius 2 is 1.88 bits per heavy atom. The third kappa shape index (κ3) is 4.81. The molecule has 0 bridgehead atoms. The van der Waals surface area contributed by atoms with Gasteiger partial charge in [0, 0.05) is 6.42 Å². The lowest BCUT2D eigenvalue weighted by Gasteiger charge is -2.06. The molecule has 0 saturated carbocycles. The first kappa shape index (κ1) is 12.5. The zero-order chi connectivity index (χ0) is 12.2. The second kappa shape index (κ2) is 5.00. The van der Waals surface area contributed by atoms with E-state index in [9.17, 15) is 13.2 Å². The van der Waals surface area contributed by atoms with Crippen molar-refractivity contribution < 1.29 is 17.8 Å². The number of para-hydroxylation sites is 1. The zero-order valence-corrected chi connectivity index (χ0v) is 9.44. The summed E-state index contributed by atoms with van der Waals surface area (Å²) in [4.78, 5) is 14.9. The van der Waals surface area contributed by atoms with Crippen LogP contribution in [0.5, 0.6) is 0 Å². The quantitative estimate of drug-likeness (QED) is 0.687. The van der Waals surface area contributed by atoms with Crippen LogP contribution < -0.4 is 0 Å². The number of ketones is 1. The maximum Gasteiger partial charge on any atom is 0.261 e. The molecule has 86 valence electrons. The molecular weight excluding hydrogens is 230 g/mol. The Balaban J connectivity index is 0.000000221. The summed E-state index contributed by atoms with van der Waals surface area (Å²) in [6.07, 6.45) is 2.61. The molecule has 0 aromatic heterocycles. The van der Waals surface area contributed by atoms with E-state index in [0.29, 0.717) is 12.7 Å². The number of fused-ring (bicyclic) bond motifs is 1. The molecule has 1 N–H and O–H groups in total. The van der Waals surface area contributed by atoms with Gasteiger partial charge in [-0.05, 0) is 11.6 Å². The Morgan fingerprint density at radius 3 is 2.50 bits per heavy atom. The molecule has 0 fully saturated rings. The molecule has 0 spiro atoms. The summed E-state index contributed by atoms with van der Waals surface area (Å²) < 4.78 is 25.9. The third-order valence-electron chi connectivity index (χ3n) is 1.70. The van der Waals surface area contributed by atoms with Gasteiger partial charge in [0.1, 0.15) is 0 Å². The minimum Gasteiger partial charge on any atom is -0.293 e. The molecule has 1 aliphatic rings. The van der Waals surface area contributed by atoms with Gasteiger partial charge in [-0.2, -0.15) is 8.42 Å². The predicted molar refractivity (Wildman–Crippen MR) is 60.8 cm³/mol. The van der Waals surface area contributed by atoms with Gasteiger partial charge in [0.25, 0.3) is 10.1 Å². The summed E-state index contributed by atoms with van der Waals surface area (Å²) in [6.45, 7) is 0. The van der Waals surface area contributed by atoms with Crippen LogP contribution in [-0.4, -0.2) is 31.2 Å². The van der Waals surface area contributed by atoms with Crippen LogP contribution in [0.1, 0.15) is 5.56 Å². The van der Waals surface area contributed by atoms with Crippen molar-refractivity contribution >= 4 is 27.8 Å². The molecule has 0 unspecified atom stereocenters. The minimum absolute atomic E-state index is 0.0868. The number of nitrogens with zero attached hydrogens (tertiary/aromatic N) is 1. The van der Waals surface area contributed by atoms with E-state index in [0.717, 1.165) is 11.3 Å². The number of carbonyl (C=O) groups is 1. The number of Topliss-reactive ketones (excluding diaryl/α,β-unsaturated/α-hetero) is 1. The number of aliphatic imine (C=N–C) groups is 1. The fourth-order valence-electron chi connectivity index (χ4n) is 1.16. The van der Waals surface area contributed by atoms with Gasteiger partial charge in [0.2, 0.25) is 0 Å². The molecule has 5 nitrogen and oxygen atoms in total. The monoisotopic (exact) mass is 241 g/mol. The second-order valence-electron chi connectivity index (χ2n) is 3.26. The molecule has 0 aliphatic carbocycles. The number of hydrogen-bond donors (Lipinski definition) is 1. The smallest absolute Gasteiger partial charge is 0.261 e. The van der Waals surface area contributed by atoms with Gasteiger partial charge < -0.3 is 0 Å². The predicted octanol–water partition coefficient (Wildman–Crippen LogP) is 1.02. The van der Waals surface area contributed by atoms with E-state index in [2.05, 4.69) is 4.99 Å². The maximum atomic E-state index is 10.9. The SMILES string of the molecule is CS(=O)(=O)O.O=C1C=Nc2ccccc2C1. The van der Waals surface area contributed by atoms with Gasteiger partial charge in [-0.25, -0.2) is 0 Å². The van der Waals surface area contributed by atoms with Crippen LogP contribution in [0, 0.1) is 0 Å². The Hall–Kier alpha value is -1.53. The van der Waals surface area contributed by atoms with Gasteiger partial charge >= 0.3 is 0 Å². The lowest BCUT2D eigenvalue weighted by Crippen LogP contribution is -2.07. The van der Waals surface area contributed by atoms with E-state index >= 15 is 0 Å². The van der Waals surface area contributed by atoms with Crippen LogP contribution in [-0.2, 0) is 21.3 Å². The highest BCUT2D eigenvalue weighted by atomic mass is 32.2. The summed E-state index contributed by atoms with van der Waals surface area (Å²) in [6, 6.07) is 7.70. The fourth-order valence-corrected chi connectivity index (χ4v) is 1.16. The summed E-state index contributed by atoms with van der Waals surface area (Å²) >= 11 is 0. The average Bonchev–Trinajstić information content (AvgIpc) is 2.15. The topological polar surface area (TPSA) is 83.8 Å². The van der Waals surface area contributed by atoms with Crippen LogP contribution in [0.15, 0.2) is 29.3 Å². The maximum absolute atomic E-state index is 10.9. The van der Waals surface area contributed by atoms with Crippen LogP contribution >= 0.6 is 0 Å². The standard InChI is InChI=1S/C9H7NO.CH4O3S/c11-8-5-7-3-1-2-4-9(7)10-6-8;1-5(2,3)4/h1-4,6H,5H2;1H3,(H,2,3,4). The van der Waals surface area contributed by atoms with Crippen molar-refractivity contribution in [3.63, 3.8) is 0 Å². The van der Waals surface area contributed by atoms with Crippen molar-refractivity contribution in [3.8, 4) is 0 Å². The lowest BCUT2D eigenvalue weighted by atomic mass is 10.1. The van der Waals surface area contributed by atoms with E-state index in [1.807, 2.05) is 24.3 Å².